The van der Waals surface area contributed by atoms with Gasteiger partial charge in [0, 0.05) is 5.56 Å². The predicted molar refractivity (Wildman–Crippen MR) is 107 cm³/mol. The second kappa shape index (κ2) is 8.51. The molecule has 9 nitrogen and oxygen atoms in total. The molecule has 0 saturated heterocycles. The molecule has 4 aromatic rings. The molecule has 0 aliphatic carbocycles. The van der Waals surface area contributed by atoms with Gasteiger partial charge in [-0.3, -0.25) is 0 Å². The Hall–Kier alpha value is -3.75. The highest BCUT2D eigenvalue weighted by atomic mass is 16.5. The first-order valence-corrected chi connectivity index (χ1v) is 9.41. The second-order valence-electron chi connectivity index (χ2n) is 6.19. The molecule has 2 aromatic carbocycles. The summed E-state index contributed by atoms with van der Waals surface area (Å²) in [6.45, 7) is 5.35. The number of hydrogen-bond acceptors (Lipinski definition) is 7. The van der Waals surface area contributed by atoms with Crippen molar-refractivity contribution in [2.24, 2.45) is 0 Å². The van der Waals surface area contributed by atoms with Gasteiger partial charge >= 0.3 is 12.0 Å². The smallest absolute Gasteiger partial charge is 0.338 e. The minimum Gasteiger partial charge on any atom is -0.464 e. The SMILES string of the molecule is CCOc1nc(OCC)n(Cc2ccc(-c3ccccc3-c3nnn[nH]3)cc2)n1. The van der Waals surface area contributed by atoms with Gasteiger partial charge in [-0.2, -0.15) is 0 Å². The second-order valence-corrected chi connectivity index (χ2v) is 6.19. The summed E-state index contributed by atoms with van der Waals surface area (Å²) < 4.78 is 12.7. The number of H-pyrrole nitrogens is 1. The first-order chi connectivity index (χ1) is 14.3. The van der Waals surface area contributed by atoms with Gasteiger partial charge in [-0.25, -0.2) is 9.78 Å². The molecule has 148 valence electrons. The van der Waals surface area contributed by atoms with Crippen molar-refractivity contribution in [3.63, 3.8) is 0 Å². The molecule has 29 heavy (non-hydrogen) atoms. The zero-order valence-electron chi connectivity index (χ0n) is 16.2. The van der Waals surface area contributed by atoms with Crippen LogP contribution in [0.3, 0.4) is 0 Å². The molecule has 0 fully saturated rings. The molecule has 0 radical (unpaired) electrons. The van der Waals surface area contributed by atoms with Crippen LogP contribution in [0.25, 0.3) is 22.5 Å². The molecule has 0 aliphatic rings. The van der Waals surface area contributed by atoms with Gasteiger partial charge in [-0.1, -0.05) is 48.5 Å². The lowest BCUT2D eigenvalue weighted by molar-refractivity contribution is 0.291. The van der Waals surface area contributed by atoms with Crippen molar-refractivity contribution in [1.29, 1.82) is 0 Å². The van der Waals surface area contributed by atoms with Crippen LogP contribution in [-0.4, -0.2) is 48.6 Å². The molecule has 1 N–H and O–H groups in total. The van der Waals surface area contributed by atoms with Gasteiger partial charge in [0.2, 0.25) is 0 Å². The molecule has 2 aromatic heterocycles. The number of nitrogens with one attached hydrogen (secondary N) is 1. The Labute approximate surface area is 167 Å². The van der Waals surface area contributed by atoms with Crippen molar-refractivity contribution >= 4 is 0 Å². The molecule has 0 unspecified atom stereocenters. The summed E-state index contributed by atoms with van der Waals surface area (Å²) in [5.74, 6) is 0.636. The number of rotatable bonds is 8. The third kappa shape index (κ3) is 4.08. The van der Waals surface area contributed by atoms with Crippen molar-refractivity contribution in [2.45, 2.75) is 20.4 Å². The fourth-order valence-electron chi connectivity index (χ4n) is 3.01. The maximum atomic E-state index is 5.57. The van der Waals surface area contributed by atoms with E-state index >= 15 is 0 Å². The van der Waals surface area contributed by atoms with Crippen LogP contribution >= 0.6 is 0 Å². The van der Waals surface area contributed by atoms with E-state index < -0.39 is 0 Å². The van der Waals surface area contributed by atoms with E-state index in [1.807, 2.05) is 38.1 Å². The van der Waals surface area contributed by atoms with E-state index in [-0.39, 0.29) is 0 Å². The standard InChI is InChI=1S/C20H21N7O2/c1-3-28-19-21-20(29-4-2)27(24-19)13-14-9-11-15(12-10-14)16-7-5-6-8-17(16)18-22-25-26-23-18/h5-12H,3-4,13H2,1-2H3,(H,22,23,25,26). The van der Waals surface area contributed by atoms with Crippen molar-refractivity contribution in [3.8, 4) is 34.5 Å². The number of ether oxygens (including phenoxy) is 2. The third-order valence-electron chi connectivity index (χ3n) is 4.29. The van der Waals surface area contributed by atoms with Crippen LogP contribution in [0.15, 0.2) is 48.5 Å². The monoisotopic (exact) mass is 391 g/mol. The summed E-state index contributed by atoms with van der Waals surface area (Å²) in [5.41, 5.74) is 4.13. The Morgan fingerprint density at radius 1 is 0.931 bits per heavy atom. The van der Waals surface area contributed by atoms with Gasteiger partial charge < -0.3 is 9.47 Å². The highest BCUT2D eigenvalue weighted by Crippen LogP contribution is 2.30. The largest absolute Gasteiger partial charge is 0.464 e. The van der Waals surface area contributed by atoms with E-state index in [4.69, 9.17) is 9.47 Å². The quantitative estimate of drug-likeness (QED) is 0.492. The minimum absolute atomic E-state index is 0.321. The average Bonchev–Trinajstić information content (AvgIpc) is 3.40. The van der Waals surface area contributed by atoms with E-state index in [2.05, 4.69) is 55.0 Å². The predicted octanol–water partition coefficient (Wildman–Crippen LogP) is 2.97. The Morgan fingerprint density at radius 3 is 2.38 bits per heavy atom. The normalized spacial score (nSPS) is 10.8. The number of hydrogen-bond donors (Lipinski definition) is 1. The first kappa shape index (κ1) is 18.6. The lowest BCUT2D eigenvalue weighted by atomic mass is 9.98. The molecule has 9 heteroatoms. The highest BCUT2D eigenvalue weighted by molar-refractivity contribution is 5.80. The summed E-state index contributed by atoms with van der Waals surface area (Å²) in [6.07, 6.45) is 0. The number of tetrazole rings is 1. The molecular weight excluding hydrogens is 370 g/mol. The maximum absolute atomic E-state index is 5.57. The van der Waals surface area contributed by atoms with Crippen molar-refractivity contribution in [3.05, 3.63) is 54.1 Å². The van der Waals surface area contributed by atoms with Gasteiger partial charge in [0.15, 0.2) is 5.82 Å². The maximum Gasteiger partial charge on any atom is 0.338 e. The van der Waals surface area contributed by atoms with Crippen molar-refractivity contribution < 1.29 is 9.47 Å². The van der Waals surface area contributed by atoms with Crippen LogP contribution in [0.2, 0.25) is 0 Å². The van der Waals surface area contributed by atoms with Gasteiger partial charge in [0.25, 0.3) is 0 Å². The summed E-state index contributed by atoms with van der Waals surface area (Å²) in [6, 6.07) is 17.0. The highest BCUT2D eigenvalue weighted by Gasteiger charge is 2.13. The number of nitrogens with zero attached hydrogens (tertiary/aromatic N) is 6. The van der Waals surface area contributed by atoms with Gasteiger partial charge in [0.05, 0.1) is 19.8 Å². The van der Waals surface area contributed by atoms with E-state index in [0.29, 0.717) is 37.6 Å². The molecule has 0 atom stereocenters. The summed E-state index contributed by atoms with van der Waals surface area (Å²) >= 11 is 0. The van der Waals surface area contributed by atoms with Crippen LogP contribution in [0, 0.1) is 0 Å². The molecule has 0 aliphatic heterocycles. The van der Waals surface area contributed by atoms with Crippen LogP contribution in [-0.2, 0) is 6.54 Å². The fraction of sp³-hybridized carbons (Fsp3) is 0.250. The van der Waals surface area contributed by atoms with Gasteiger partial charge in [0.1, 0.15) is 0 Å². The van der Waals surface area contributed by atoms with Crippen LogP contribution in [0.1, 0.15) is 19.4 Å². The molecule has 0 amide bonds. The zero-order chi connectivity index (χ0) is 20.1. The van der Waals surface area contributed by atoms with Crippen molar-refractivity contribution in [1.82, 2.24) is 35.4 Å². The van der Waals surface area contributed by atoms with E-state index in [1.165, 1.54) is 0 Å². The van der Waals surface area contributed by atoms with Crippen LogP contribution < -0.4 is 9.47 Å². The van der Waals surface area contributed by atoms with E-state index in [1.54, 1.807) is 4.68 Å². The number of benzene rings is 2. The lowest BCUT2D eigenvalue weighted by Gasteiger charge is -2.09. The van der Waals surface area contributed by atoms with Crippen LogP contribution in [0.4, 0.5) is 0 Å². The Morgan fingerprint density at radius 2 is 1.69 bits per heavy atom. The van der Waals surface area contributed by atoms with E-state index in [9.17, 15) is 0 Å². The zero-order valence-corrected chi connectivity index (χ0v) is 16.2. The number of aromatic nitrogens is 7. The molecule has 0 saturated carbocycles. The molecule has 2 heterocycles. The van der Waals surface area contributed by atoms with Gasteiger partial charge in [-0.05, 0) is 41.0 Å². The third-order valence-corrected chi connectivity index (χ3v) is 4.29. The van der Waals surface area contributed by atoms with Gasteiger partial charge in [-0.15, -0.1) is 15.2 Å². The summed E-state index contributed by atoms with van der Waals surface area (Å²) in [5, 5.41) is 18.6. The fourth-order valence-corrected chi connectivity index (χ4v) is 3.01. The Bertz CT molecular complexity index is 1060. The number of aromatic amines is 1. The Balaban J connectivity index is 1.59. The lowest BCUT2D eigenvalue weighted by Crippen LogP contribution is -2.06. The molecule has 4 rings (SSSR count). The average molecular weight is 391 g/mol. The van der Waals surface area contributed by atoms with Crippen LogP contribution in [0.5, 0.6) is 12.0 Å². The minimum atomic E-state index is 0.321. The topological polar surface area (TPSA) is 104 Å². The molecular formula is C20H21N7O2. The first-order valence-electron chi connectivity index (χ1n) is 9.41. The van der Waals surface area contributed by atoms with E-state index in [0.717, 1.165) is 22.3 Å². The molecule has 0 bridgehead atoms. The summed E-state index contributed by atoms with van der Waals surface area (Å²) in [7, 11) is 0. The van der Waals surface area contributed by atoms with Crippen molar-refractivity contribution in [2.75, 3.05) is 13.2 Å². The Kier molecular flexibility index (Phi) is 5.46. The summed E-state index contributed by atoms with van der Waals surface area (Å²) in [4.78, 5) is 4.28. The molecule has 0 spiro atoms.